The fraction of sp³-hybridized carbons (Fsp3) is 0.143. The summed E-state index contributed by atoms with van der Waals surface area (Å²) in [5, 5.41) is 0. The van der Waals surface area contributed by atoms with E-state index in [1.165, 1.54) is 18.1 Å². The molecule has 2 aromatic rings. The van der Waals surface area contributed by atoms with Gasteiger partial charge < -0.3 is 4.90 Å². The molecule has 0 atom stereocenters. The van der Waals surface area contributed by atoms with E-state index < -0.39 is 23.4 Å². The molecule has 6 heteroatoms. The van der Waals surface area contributed by atoms with Gasteiger partial charge in [0.1, 0.15) is 5.83 Å². The largest absolute Gasteiger partial charge is 0.309 e. The van der Waals surface area contributed by atoms with Crippen LogP contribution in [0.15, 0.2) is 78.4 Å². The van der Waals surface area contributed by atoms with E-state index in [4.69, 9.17) is 0 Å². The summed E-state index contributed by atoms with van der Waals surface area (Å²) >= 11 is 0. The van der Waals surface area contributed by atoms with Crippen LogP contribution in [0.5, 0.6) is 0 Å². The van der Waals surface area contributed by atoms with Crippen molar-refractivity contribution in [1.82, 2.24) is 4.98 Å². The zero-order valence-corrected chi connectivity index (χ0v) is 15.3. The van der Waals surface area contributed by atoms with E-state index in [1.807, 2.05) is 31.2 Å². The number of amides is 1. The Morgan fingerprint density at radius 2 is 1.81 bits per heavy atom. The molecule has 1 aromatic carbocycles. The predicted octanol–water partition coefficient (Wildman–Crippen LogP) is 5.60. The number of benzene rings is 1. The van der Waals surface area contributed by atoms with Gasteiger partial charge in [0.05, 0.1) is 11.9 Å². The number of anilines is 1. The van der Waals surface area contributed by atoms with E-state index in [2.05, 4.69) is 11.6 Å². The molecule has 1 heterocycles. The van der Waals surface area contributed by atoms with E-state index in [0.29, 0.717) is 11.8 Å². The molecule has 2 rings (SSSR count). The Labute approximate surface area is 156 Å². The molecule has 0 radical (unpaired) electrons. The van der Waals surface area contributed by atoms with Gasteiger partial charge in [0.2, 0.25) is 0 Å². The zero-order valence-electron chi connectivity index (χ0n) is 15.3. The number of nitrogens with zero attached hydrogens (tertiary/aromatic N) is 2. The van der Waals surface area contributed by atoms with Gasteiger partial charge in [-0.1, -0.05) is 30.8 Å². The molecule has 0 saturated carbocycles. The summed E-state index contributed by atoms with van der Waals surface area (Å²) in [5.41, 5.74) is 2.81. The van der Waals surface area contributed by atoms with Crippen LogP contribution in [-0.2, 0) is 4.79 Å². The molecule has 0 aliphatic rings. The van der Waals surface area contributed by atoms with Gasteiger partial charge in [0, 0.05) is 24.4 Å². The lowest BCUT2D eigenvalue weighted by molar-refractivity contribution is -0.114. The molecule has 0 N–H and O–H groups in total. The highest BCUT2D eigenvalue weighted by Crippen LogP contribution is 2.32. The lowest BCUT2D eigenvalue weighted by Gasteiger charge is -2.21. The smallest absolute Gasteiger partial charge is 0.257 e. The number of likely N-dealkylation sites (N-methyl/N-ethyl adjacent to an activating group) is 1. The molecule has 0 aliphatic carbocycles. The van der Waals surface area contributed by atoms with Gasteiger partial charge >= 0.3 is 0 Å². The van der Waals surface area contributed by atoms with Crippen LogP contribution >= 0.6 is 0 Å². The summed E-state index contributed by atoms with van der Waals surface area (Å²) in [5.74, 6) is -5.13. The molecule has 0 spiro atoms. The van der Waals surface area contributed by atoms with Crippen LogP contribution in [0.3, 0.4) is 0 Å². The van der Waals surface area contributed by atoms with Crippen molar-refractivity contribution in [3.8, 4) is 11.1 Å². The van der Waals surface area contributed by atoms with Crippen molar-refractivity contribution in [3.63, 3.8) is 0 Å². The quantitative estimate of drug-likeness (QED) is 0.506. The number of carbonyl (C=O) groups is 1. The minimum absolute atomic E-state index is 0.328. The van der Waals surface area contributed by atoms with Gasteiger partial charge in [0.15, 0.2) is 11.7 Å². The maximum Gasteiger partial charge on any atom is 0.257 e. The van der Waals surface area contributed by atoms with Gasteiger partial charge in [-0.25, -0.2) is 13.2 Å². The van der Waals surface area contributed by atoms with Crippen molar-refractivity contribution in [2.45, 2.75) is 13.8 Å². The van der Waals surface area contributed by atoms with Gasteiger partial charge in [-0.15, -0.1) is 0 Å². The van der Waals surface area contributed by atoms with E-state index in [-0.39, 0.29) is 5.57 Å². The fourth-order valence-electron chi connectivity index (χ4n) is 2.52. The Balaban J connectivity index is 2.39. The second kappa shape index (κ2) is 8.49. The highest BCUT2D eigenvalue weighted by Gasteiger charge is 2.19. The monoisotopic (exact) mass is 372 g/mol. The Morgan fingerprint density at radius 3 is 2.44 bits per heavy atom. The van der Waals surface area contributed by atoms with E-state index in [0.717, 1.165) is 23.6 Å². The maximum absolute atomic E-state index is 13.7. The second-order valence-corrected chi connectivity index (χ2v) is 5.94. The van der Waals surface area contributed by atoms with Gasteiger partial charge in [-0.2, -0.15) is 0 Å². The molecule has 0 fully saturated rings. The third-order valence-electron chi connectivity index (χ3n) is 3.99. The number of aromatic nitrogens is 1. The molecular formula is C21H19F3N2O. The van der Waals surface area contributed by atoms with Crippen molar-refractivity contribution in [2.75, 3.05) is 11.9 Å². The van der Waals surface area contributed by atoms with Crippen molar-refractivity contribution in [2.24, 2.45) is 0 Å². The Morgan fingerprint density at radius 1 is 1.15 bits per heavy atom. The van der Waals surface area contributed by atoms with E-state index in [9.17, 15) is 18.0 Å². The SMILES string of the molecule is C=C(/C=C(F)\C(F)=C(/C)F)C(=O)N(C)c1cnccc1-c1ccccc1C. The summed E-state index contributed by atoms with van der Waals surface area (Å²) in [4.78, 5) is 17.9. The maximum atomic E-state index is 13.7. The van der Waals surface area contributed by atoms with Crippen LogP contribution in [-0.4, -0.2) is 17.9 Å². The van der Waals surface area contributed by atoms with Crippen LogP contribution in [0.25, 0.3) is 11.1 Å². The number of hydrogen-bond donors (Lipinski definition) is 0. The van der Waals surface area contributed by atoms with Crippen molar-refractivity contribution < 1.29 is 18.0 Å². The fourth-order valence-corrected chi connectivity index (χ4v) is 2.52. The number of pyridine rings is 1. The van der Waals surface area contributed by atoms with E-state index >= 15 is 0 Å². The highest BCUT2D eigenvalue weighted by molar-refractivity contribution is 6.08. The topological polar surface area (TPSA) is 33.2 Å². The Bertz CT molecular complexity index is 944. The molecular weight excluding hydrogens is 353 g/mol. The number of aryl methyl sites for hydroxylation is 1. The van der Waals surface area contributed by atoms with Crippen molar-refractivity contribution >= 4 is 11.6 Å². The number of hydrogen-bond acceptors (Lipinski definition) is 2. The first kappa shape index (κ1) is 20.2. The summed E-state index contributed by atoms with van der Waals surface area (Å²) < 4.78 is 39.7. The van der Waals surface area contributed by atoms with Crippen molar-refractivity contribution in [3.05, 3.63) is 84.0 Å². The minimum atomic E-state index is -1.66. The predicted molar refractivity (Wildman–Crippen MR) is 101 cm³/mol. The lowest BCUT2D eigenvalue weighted by atomic mass is 10.00. The van der Waals surface area contributed by atoms with E-state index in [1.54, 1.807) is 12.3 Å². The van der Waals surface area contributed by atoms with Crippen LogP contribution in [0.4, 0.5) is 18.9 Å². The molecule has 1 aromatic heterocycles. The number of allylic oxidation sites excluding steroid dienone is 3. The molecule has 140 valence electrons. The number of halogens is 3. The minimum Gasteiger partial charge on any atom is -0.309 e. The van der Waals surface area contributed by atoms with Crippen LogP contribution < -0.4 is 4.90 Å². The average molecular weight is 372 g/mol. The summed E-state index contributed by atoms with van der Waals surface area (Å²) in [6.45, 7) is 6.18. The molecule has 0 bridgehead atoms. The molecule has 3 nitrogen and oxygen atoms in total. The van der Waals surface area contributed by atoms with Crippen LogP contribution in [0.2, 0.25) is 0 Å². The van der Waals surface area contributed by atoms with Gasteiger partial charge in [0.25, 0.3) is 5.91 Å². The van der Waals surface area contributed by atoms with Gasteiger partial charge in [-0.3, -0.25) is 9.78 Å². The van der Waals surface area contributed by atoms with Crippen molar-refractivity contribution in [1.29, 1.82) is 0 Å². The summed E-state index contributed by atoms with van der Waals surface area (Å²) in [6.07, 6.45) is 3.67. The zero-order chi connectivity index (χ0) is 20.1. The normalized spacial score (nSPS) is 12.4. The Kier molecular flexibility index (Phi) is 6.34. The molecule has 0 saturated heterocycles. The third kappa shape index (κ3) is 4.53. The molecule has 1 amide bonds. The molecule has 0 aliphatic heterocycles. The highest BCUT2D eigenvalue weighted by atomic mass is 19.2. The number of rotatable bonds is 5. The van der Waals surface area contributed by atoms with Gasteiger partial charge in [-0.05, 0) is 37.1 Å². The summed E-state index contributed by atoms with van der Waals surface area (Å²) in [7, 11) is 1.48. The second-order valence-electron chi connectivity index (χ2n) is 5.94. The van der Waals surface area contributed by atoms with Crippen LogP contribution in [0, 0.1) is 6.92 Å². The first-order valence-electron chi connectivity index (χ1n) is 8.10. The average Bonchev–Trinajstić information content (AvgIpc) is 2.66. The lowest BCUT2D eigenvalue weighted by Crippen LogP contribution is -2.27. The number of carbonyl (C=O) groups excluding carboxylic acids is 1. The molecule has 0 unspecified atom stereocenters. The van der Waals surface area contributed by atoms with Crippen LogP contribution in [0.1, 0.15) is 12.5 Å². The first-order valence-corrected chi connectivity index (χ1v) is 8.10. The third-order valence-corrected chi connectivity index (χ3v) is 3.99. The summed E-state index contributed by atoms with van der Waals surface area (Å²) in [6, 6.07) is 9.38. The first-order chi connectivity index (χ1) is 12.7. The molecule has 27 heavy (non-hydrogen) atoms. The Hall–Kier alpha value is -3.15. The standard InChI is InChI=1S/C21H19F3N2O/c1-13-7-5-6-8-16(13)17-9-10-25-12-19(17)26(4)21(27)14(2)11-18(23)20(24)15(3)22/h5-12H,2H2,1,3-4H3/b18-11+,20-15-.